The predicted octanol–water partition coefficient (Wildman–Crippen LogP) is 5.45. The molecule has 4 aromatic rings. The van der Waals surface area contributed by atoms with Crippen molar-refractivity contribution in [3.8, 4) is 0 Å². The Kier molecular flexibility index (Phi) is 10.8. The van der Waals surface area contributed by atoms with Gasteiger partial charge in [-0.1, -0.05) is 91.3 Å². The van der Waals surface area contributed by atoms with E-state index in [2.05, 4.69) is 10.0 Å². The molecule has 0 fully saturated rings. The first-order chi connectivity index (χ1) is 20.7. The molecule has 2 amide bonds. The number of halogens is 1. The van der Waals surface area contributed by atoms with Crippen LogP contribution in [0.25, 0.3) is 0 Å². The summed E-state index contributed by atoms with van der Waals surface area (Å²) in [6, 6.07) is 28.3. The van der Waals surface area contributed by atoms with Crippen molar-refractivity contribution in [1.29, 1.82) is 0 Å². The first kappa shape index (κ1) is 31.6. The maximum atomic E-state index is 13.9. The van der Waals surface area contributed by atoms with Gasteiger partial charge in [0.05, 0.1) is 4.90 Å². The van der Waals surface area contributed by atoms with Gasteiger partial charge in [0.25, 0.3) is 0 Å². The van der Waals surface area contributed by atoms with E-state index < -0.39 is 21.9 Å². The summed E-state index contributed by atoms with van der Waals surface area (Å²) in [5, 5.41) is 3.00. The van der Waals surface area contributed by atoms with Crippen molar-refractivity contribution < 1.29 is 22.4 Å². The Balaban J connectivity index is 1.59. The van der Waals surface area contributed by atoms with Crippen LogP contribution in [0.15, 0.2) is 108 Å². The van der Waals surface area contributed by atoms with E-state index in [-0.39, 0.29) is 36.2 Å². The van der Waals surface area contributed by atoms with E-state index >= 15 is 0 Å². The van der Waals surface area contributed by atoms with E-state index in [0.717, 1.165) is 16.7 Å². The van der Waals surface area contributed by atoms with Crippen molar-refractivity contribution in [3.63, 3.8) is 0 Å². The molecule has 0 spiro atoms. The van der Waals surface area contributed by atoms with Crippen molar-refractivity contribution in [2.45, 2.75) is 50.7 Å². The zero-order chi connectivity index (χ0) is 30.8. The molecule has 4 rings (SSSR count). The highest BCUT2D eigenvalue weighted by atomic mass is 32.2. The Labute approximate surface area is 252 Å². The lowest BCUT2D eigenvalue weighted by molar-refractivity contribution is -0.141. The van der Waals surface area contributed by atoms with Crippen LogP contribution >= 0.6 is 0 Å². The van der Waals surface area contributed by atoms with Gasteiger partial charge in [-0.05, 0) is 59.9 Å². The predicted molar refractivity (Wildman–Crippen MR) is 165 cm³/mol. The third kappa shape index (κ3) is 8.83. The van der Waals surface area contributed by atoms with Gasteiger partial charge >= 0.3 is 0 Å². The molecule has 0 saturated carbocycles. The average molecular weight is 602 g/mol. The third-order valence-electron chi connectivity index (χ3n) is 7.04. The fraction of sp³-hybridized carbons (Fsp3) is 0.235. The number of aryl methyl sites for hydroxylation is 2. The highest BCUT2D eigenvalue weighted by Gasteiger charge is 2.31. The second kappa shape index (κ2) is 14.7. The summed E-state index contributed by atoms with van der Waals surface area (Å²) in [5.74, 6) is -0.995. The second-order valence-corrected chi connectivity index (χ2v) is 12.1. The maximum Gasteiger partial charge on any atom is 0.247 e. The molecule has 1 unspecified atom stereocenters. The first-order valence-corrected chi connectivity index (χ1v) is 15.7. The normalized spacial score (nSPS) is 12.0. The summed E-state index contributed by atoms with van der Waals surface area (Å²) in [5.41, 5.74) is 4.16. The molecule has 2 N–H and O–H groups in total. The SMILES string of the molecule is CCNS(=O)(=O)c1ccc(CCC(=O)N(Cc2ccc(F)cc2)C(C(=O)NCc2ccc(C)cc2)c2ccccc2)cc1. The van der Waals surface area contributed by atoms with Crippen LogP contribution in [0.3, 0.4) is 0 Å². The van der Waals surface area contributed by atoms with Crippen LogP contribution in [-0.4, -0.2) is 31.7 Å². The van der Waals surface area contributed by atoms with Crippen LogP contribution in [0.5, 0.6) is 0 Å². The number of rotatable bonds is 13. The van der Waals surface area contributed by atoms with E-state index in [9.17, 15) is 22.4 Å². The van der Waals surface area contributed by atoms with E-state index in [1.165, 1.54) is 29.2 Å². The molecule has 224 valence electrons. The van der Waals surface area contributed by atoms with Crippen molar-refractivity contribution in [2.24, 2.45) is 0 Å². The Morgan fingerprint density at radius 1 is 0.814 bits per heavy atom. The Morgan fingerprint density at radius 2 is 1.42 bits per heavy atom. The second-order valence-electron chi connectivity index (χ2n) is 10.3. The van der Waals surface area contributed by atoms with Crippen molar-refractivity contribution in [2.75, 3.05) is 6.54 Å². The number of amides is 2. The van der Waals surface area contributed by atoms with E-state index in [0.29, 0.717) is 24.1 Å². The lowest BCUT2D eigenvalue weighted by atomic mass is 10.0. The molecular formula is C34H36FN3O4S. The fourth-order valence-electron chi connectivity index (χ4n) is 4.71. The highest BCUT2D eigenvalue weighted by Crippen LogP contribution is 2.26. The third-order valence-corrected chi connectivity index (χ3v) is 8.61. The molecule has 0 radical (unpaired) electrons. The summed E-state index contributed by atoms with van der Waals surface area (Å²) in [7, 11) is -3.59. The molecule has 0 aromatic heterocycles. The first-order valence-electron chi connectivity index (χ1n) is 14.2. The van der Waals surface area contributed by atoms with E-state index in [1.54, 1.807) is 31.2 Å². The molecule has 4 aromatic carbocycles. The van der Waals surface area contributed by atoms with Crippen LogP contribution in [0, 0.1) is 12.7 Å². The molecule has 0 aliphatic carbocycles. The monoisotopic (exact) mass is 601 g/mol. The average Bonchev–Trinajstić information content (AvgIpc) is 3.01. The van der Waals surface area contributed by atoms with Gasteiger partial charge in [0, 0.05) is 26.1 Å². The molecule has 7 nitrogen and oxygen atoms in total. The zero-order valence-corrected chi connectivity index (χ0v) is 25.1. The van der Waals surface area contributed by atoms with Gasteiger partial charge in [0.15, 0.2) is 0 Å². The summed E-state index contributed by atoms with van der Waals surface area (Å²) in [4.78, 5) is 29.4. The molecule has 9 heteroatoms. The maximum absolute atomic E-state index is 13.9. The van der Waals surface area contributed by atoms with E-state index in [1.807, 2.05) is 61.5 Å². The Hall–Kier alpha value is -4.34. The number of nitrogens with one attached hydrogen (secondary N) is 2. The molecule has 0 saturated heterocycles. The quantitative estimate of drug-likeness (QED) is 0.213. The lowest BCUT2D eigenvalue weighted by Gasteiger charge is -2.32. The van der Waals surface area contributed by atoms with Gasteiger partial charge in [0.1, 0.15) is 11.9 Å². The molecule has 1 atom stereocenters. The zero-order valence-electron chi connectivity index (χ0n) is 24.3. The number of carbonyl (C=O) groups excluding carboxylic acids is 2. The molecule has 0 aliphatic rings. The number of carbonyl (C=O) groups is 2. The van der Waals surface area contributed by atoms with Crippen LogP contribution in [0.2, 0.25) is 0 Å². The van der Waals surface area contributed by atoms with Gasteiger partial charge in [-0.15, -0.1) is 0 Å². The molecule has 0 bridgehead atoms. The summed E-state index contributed by atoms with van der Waals surface area (Å²) >= 11 is 0. The van der Waals surface area contributed by atoms with Crippen LogP contribution in [0.4, 0.5) is 4.39 Å². The largest absolute Gasteiger partial charge is 0.350 e. The van der Waals surface area contributed by atoms with Crippen LogP contribution in [-0.2, 0) is 39.1 Å². The summed E-state index contributed by atoms with van der Waals surface area (Å²) < 4.78 is 40.7. The number of nitrogens with zero attached hydrogens (tertiary/aromatic N) is 1. The lowest BCUT2D eigenvalue weighted by Crippen LogP contribution is -2.43. The number of hydrogen-bond donors (Lipinski definition) is 2. The molecular weight excluding hydrogens is 565 g/mol. The standard InChI is InChI=1S/C34H36FN3O4S/c1-3-37-43(41,42)31-20-15-26(16-21-31)17-22-32(39)38(24-28-13-18-30(35)19-14-28)33(29-7-5-4-6-8-29)34(40)36-23-27-11-9-25(2)10-12-27/h4-16,18-21,33,37H,3,17,22-24H2,1-2H3,(H,36,40). The molecule has 43 heavy (non-hydrogen) atoms. The minimum absolute atomic E-state index is 0.0784. The van der Waals surface area contributed by atoms with Crippen LogP contribution in [0.1, 0.15) is 47.2 Å². The minimum atomic E-state index is -3.59. The van der Waals surface area contributed by atoms with Gasteiger partial charge in [0.2, 0.25) is 21.8 Å². The highest BCUT2D eigenvalue weighted by molar-refractivity contribution is 7.89. The number of sulfonamides is 1. The smallest absolute Gasteiger partial charge is 0.247 e. The minimum Gasteiger partial charge on any atom is -0.350 e. The fourth-order valence-corrected chi connectivity index (χ4v) is 5.75. The van der Waals surface area contributed by atoms with Gasteiger partial charge in [-0.25, -0.2) is 17.5 Å². The van der Waals surface area contributed by atoms with Crippen molar-refractivity contribution in [1.82, 2.24) is 14.9 Å². The van der Waals surface area contributed by atoms with Gasteiger partial charge < -0.3 is 10.2 Å². The molecule has 0 aliphatic heterocycles. The van der Waals surface area contributed by atoms with Gasteiger partial charge in [-0.3, -0.25) is 9.59 Å². The van der Waals surface area contributed by atoms with E-state index in [4.69, 9.17) is 0 Å². The van der Waals surface area contributed by atoms with Crippen molar-refractivity contribution in [3.05, 3.63) is 137 Å². The van der Waals surface area contributed by atoms with Crippen LogP contribution < -0.4 is 10.0 Å². The van der Waals surface area contributed by atoms with Crippen molar-refractivity contribution >= 4 is 21.8 Å². The van der Waals surface area contributed by atoms with Gasteiger partial charge in [-0.2, -0.15) is 0 Å². The summed E-state index contributed by atoms with van der Waals surface area (Å²) in [6.45, 7) is 4.37. The Morgan fingerprint density at radius 3 is 2.05 bits per heavy atom. The summed E-state index contributed by atoms with van der Waals surface area (Å²) in [6.07, 6.45) is 0.419. The number of hydrogen-bond acceptors (Lipinski definition) is 4. The molecule has 0 heterocycles. The topological polar surface area (TPSA) is 95.6 Å². The Bertz CT molecular complexity index is 1610. The number of benzene rings is 4.